The Hall–Kier alpha value is -2.67. The summed E-state index contributed by atoms with van der Waals surface area (Å²) < 4.78 is 16.3. The summed E-state index contributed by atoms with van der Waals surface area (Å²) in [4.78, 5) is 12.7. The lowest BCUT2D eigenvalue weighted by molar-refractivity contribution is 0.0420. The van der Waals surface area contributed by atoms with Crippen molar-refractivity contribution in [3.05, 3.63) is 53.1 Å². The summed E-state index contributed by atoms with van der Waals surface area (Å²) in [5.41, 5.74) is 3.49. The summed E-state index contributed by atoms with van der Waals surface area (Å²) >= 11 is 1.24. The van der Waals surface area contributed by atoms with Crippen LogP contribution in [0.1, 0.15) is 43.4 Å². The maximum absolute atomic E-state index is 11.7. The van der Waals surface area contributed by atoms with Crippen molar-refractivity contribution in [1.29, 1.82) is 0 Å². The number of unbranched alkanes of at least 4 members (excludes halogenated alkanes) is 1. The molecule has 0 saturated carbocycles. The molecule has 0 aliphatic carbocycles. The van der Waals surface area contributed by atoms with Crippen molar-refractivity contribution in [2.75, 3.05) is 11.9 Å². The van der Waals surface area contributed by atoms with Gasteiger partial charge in [-0.05, 0) is 75.9 Å². The normalized spacial score (nSPS) is 14.8. The highest BCUT2D eigenvalue weighted by Gasteiger charge is 2.33. The van der Waals surface area contributed by atoms with Gasteiger partial charge in [0.05, 0.1) is 17.2 Å². The van der Waals surface area contributed by atoms with Gasteiger partial charge in [0.15, 0.2) is 0 Å². The van der Waals surface area contributed by atoms with Crippen LogP contribution in [0.2, 0.25) is 0 Å². The second-order valence-corrected chi connectivity index (χ2v) is 8.20. The minimum absolute atomic E-state index is 0.450. The highest BCUT2D eigenvalue weighted by molar-refractivity contribution is 7.94. The van der Waals surface area contributed by atoms with Gasteiger partial charge in [-0.15, -0.1) is 0 Å². The van der Waals surface area contributed by atoms with Gasteiger partial charge >= 0.3 is 6.09 Å². The Morgan fingerprint density at radius 3 is 2.79 bits per heavy atom. The molecule has 1 aliphatic heterocycles. The standard InChI is InChI=1S/C22H26N2O4S/c1-15-7-9-18(13-16(15)2)29-28-23-11-5-6-12-26-17-8-10-19-20(14-17)24-21(25)27-22(19,3)4/h7-11,13-14H,5-6,12H2,1-4H3,(H,24,25). The van der Waals surface area contributed by atoms with Crippen LogP contribution in [0.4, 0.5) is 10.5 Å². The molecule has 154 valence electrons. The highest BCUT2D eigenvalue weighted by atomic mass is 32.2. The van der Waals surface area contributed by atoms with Gasteiger partial charge in [0.2, 0.25) is 0 Å². The number of aryl methyl sites for hydroxylation is 2. The van der Waals surface area contributed by atoms with Crippen LogP contribution in [-0.2, 0) is 14.6 Å². The third-order valence-electron chi connectivity index (χ3n) is 4.70. The number of fused-ring (bicyclic) bond motifs is 1. The number of nitrogens with zero attached hydrogens (tertiary/aromatic N) is 1. The Labute approximate surface area is 175 Å². The lowest BCUT2D eigenvalue weighted by atomic mass is 9.95. The van der Waals surface area contributed by atoms with Crippen LogP contribution in [0.3, 0.4) is 0 Å². The van der Waals surface area contributed by atoms with Gasteiger partial charge < -0.3 is 13.8 Å². The molecule has 0 atom stereocenters. The second-order valence-electron chi connectivity index (χ2n) is 7.41. The molecule has 1 N–H and O–H groups in total. The highest BCUT2D eigenvalue weighted by Crippen LogP contribution is 2.37. The van der Waals surface area contributed by atoms with E-state index in [1.165, 1.54) is 23.2 Å². The molecule has 3 rings (SSSR count). The number of hydrogen-bond donors (Lipinski definition) is 1. The van der Waals surface area contributed by atoms with E-state index in [2.05, 4.69) is 36.5 Å². The van der Waals surface area contributed by atoms with Crippen molar-refractivity contribution in [3.63, 3.8) is 0 Å². The monoisotopic (exact) mass is 414 g/mol. The zero-order valence-corrected chi connectivity index (χ0v) is 18.0. The summed E-state index contributed by atoms with van der Waals surface area (Å²) in [5, 5.41) is 6.69. The lowest BCUT2D eigenvalue weighted by Gasteiger charge is -2.32. The maximum atomic E-state index is 11.7. The summed E-state index contributed by atoms with van der Waals surface area (Å²) in [6.07, 6.45) is 2.84. The molecule has 0 bridgehead atoms. The lowest BCUT2D eigenvalue weighted by Crippen LogP contribution is -2.34. The topological polar surface area (TPSA) is 69.2 Å². The molecule has 7 heteroatoms. The summed E-state index contributed by atoms with van der Waals surface area (Å²) in [6, 6.07) is 11.8. The molecule has 0 unspecified atom stereocenters. The third kappa shape index (κ3) is 5.67. The number of rotatable bonds is 8. The third-order valence-corrected chi connectivity index (χ3v) is 5.31. The number of amides is 1. The Kier molecular flexibility index (Phi) is 6.69. The largest absolute Gasteiger partial charge is 0.494 e. The summed E-state index contributed by atoms with van der Waals surface area (Å²) in [7, 11) is 0. The van der Waals surface area contributed by atoms with E-state index in [-0.39, 0.29) is 0 Å². The molecular weight excluding hydrogens is 388 g/mol. The number of ether oxygens (including phenoxy) is 2. The maximum Gasteiger partial charge on any atom is 0.412 e. The molecule has 1 aliphatic rings. The molecule has 1 heterocycles. The average Bonchev–Trinajstić information content (AvgIpc) is 2.65. The van der Waals surface area contributed by atoms with Crippen LogP contribution in [0, 0.1) is 13.8 Å². The number of oxime groups is 1. The summed E-state index contributed by atoms with van der Waals surface area (Å²) in [6.45, 7) is 8.44. The molecule has 0 aromatic heterocycles. The molecule has 0 spiro atoms. The van der Waals surface area contributed by atoms with Gasteiger partial charge in [0.1, 0.15) is 23.4 Å². The van der Waals surface area contributed by atoms with E-state index in [9.17, 15) is 4.79 Å². The van der Waals surface area contributed by atoms with Gasteiger partial charge in [-0.3, -0.25) is 5.32 Å². The van der Waals surface area contributed by atoms with Crippen LogP contribution in [0.25, 0.3) is 0 Å². The van der Waals surface area contributed by atoms with Gasteiger partial charge in [-0.25, -0.2) is 4.79 Å². The smallest absolute Gasteiger partial charge is 0.412 e. The van der Waals surface area contributed by atoms with Crippen LogP contribution in [0.5, 0.6) is 5.75 Å². The zero-order valence-electron chi connectivity index (χ0n) is 17.2. The minimum Gasteiger partial charge on any atom is -0.494 e. The number of anilines is 1. The first kappa shape index (κ1) is 21.0. The Bertz CT molecular complexity index is 912. The van der Waals surface area contributed by atoms with E-state index >= 15 is 0 Å². The SMILES string of the molecule is Cc1ccc(SON=CCCCOc2ccc3c(c2)NC(=O)OC3(C)C)cc1C. The number of nitrogens with one attached hydrogen (secondary N) is 1. The van der Waals surface area contributed by atoms with Gasteiger partial charge in [0.25, 0.3) is 0 Å². The fourth-order valence-corrected chi connectivity index (χ4v) is 3.48. The molecule has 0 radical (unpaired) electrons. The Balaban J connectivity index is 1.38. The number of carbonyl (C=O) groups is 1. The van der Waals surface area contributed by atoms with E-state index in [1.54, 1.807) is 6.21 Å². The average molecular weight is 415 g/mol. The minimum atomic E-state index is -0.651. The van der Waals surface area contributed by atoms with E-state index in [0.29, 0.717) is 12.4 Å². The molecule has 2 aromatic carbocycles. The predicted molar refractivity (Wildman–Crippen MR) is 116 cm³/mol. The second kappa shape index (κ2) is 9.22. The van der Waals surface area contributed by atoms with Crippen molar-refractivity contribution < 1.29 is 18.6 Å². The molecule has 6 nitrogen and oxygen atoms in total. The van der Waals surface area contributed by atoms with Crippen LogP contribution in [-0.4, -0.2) is 18.9 Å². The number of carbonyl (C=O) groups excluding carboxylic acids is 1. The van der Waals surface area contributed by atoms with Crippen LogP contribution >= 0.6 is 12.0 Å². The quantitative estimate of drug-likeness (QED) is 0.249. The fourth-order valence-electron chi connectivity index (χ4n) is 2.94. The van der Waals surface area contributed by atoms with E-state index < -0.39 is 11.7 Å². The van der Waals surface area contributed by atoms with Crippen molar-refractivity contribution in [3.8, 4) is 5.75 Å². The van der Waals surface area contributed by atoms with Crippen molar-refractivity contribution in [2.45, 2.75) is 51.0 Å². The van der Waals surface area contributed by atoms with Crippen LogP contribution < -0.4 is 10.1 Å². The van der Waals surface area contributed by atoms with Gasteiger partial charge in [-0.1, -0.05) is 11.2 Å². The first-order valence-electron chi connectivity index (χ1n) is 9.55. The number of hydrogen-bond acceptors (Lipinski definition) is 6. The van der Waals surface area contributed by atoms with E-state index in [0.717, 1.165) is 29.0 Å². The zero-order chi connectivity index (χ0) is 20.9. The van der Waals surface area contributed by atoms with Gasteiger partial charge in [-0.2, -0.15) is 0 Å². The molecule has 1 amide bonds. The van der Waals surface area contributed by atoms with Crippen molar-refractivity contribution >= 4 is 30.0 Å². The first-order valence-corrected chi connectivity index (χ1v) is 10.3. The van der Waals surface area contributed by atoms with Crippen LogP contribution in [0.15, 0.2) is 46.4 Å². The number of cyclic esters (lactones) is 1. The van der Waals surface area contributed by atoms with E-state index in [4.69, 9.17) is 13.8 Å². The Morgan fingerprint density at radius 2 is 2.00 bits per heavy atom. The molecule has 2 aromatic rings. The summed E-state index contributed by atoms with van der Waals surface area (Å²) in [5.74, 6) is 0.709. The molecular formula is C22H26N2O4S. The van der Waals surface area contributed by atoms with E-state index in [1.807, 2.05) is 38.1 Å². The van der Waals surface area contributed by atoms with Gasteiger partial charge in [0, 0.05) is 17.8 Å². The van der Waals surface area contributed by atoms with Crippen molar-refractivity contribution in [2.24, 2.45) is 5.16 Å². The molecule has 0 fully saturated rings. The molecule has 29 heavy (non-hydrogen) atoms. The Morgan fingerprint density at radius 1 is 1.17 bits per heavy atom. The first-order chi connectivity index (χ1) is 13.8. The molecule has 0 saturated heterocycles. The van der Waals surface area contributed by atoms with Crippen molar-refractivity contribution in [1.82, 2.24) is 0 Å². The number of benzene rings is 2. The fraction of sp³-hybridized carbons (Fsp3) is 0.364. The predicted octanol–water partition coefficient (Wildman–Crippen LogP) is 5.97.